The van der Waals surface area contributed by atoms with Gasteiger partial charge in [0.05, 0.1) is 0 Å². The number of hydrogen-bond donors (Lipinski definition) is 0. The second kappa shape index (κ2) is 23.5. The zero-order valence-corrected chi connectivity index (χ0v) is 42.9. The number of rotatable bonds is 10. The monoisotopic (exact) mass is 946 g/mol. The summed E-state index contributed by atoms with van der Waals surface area (Å²) in [5.74, 6) is 0. The Morgan fingerprint density at radius 3 is 0.909 bits per heavy atom. The third kappa shape index (κ3) is 11.9. The summed E-state index contributed by atoms with van der Waals surface area (Å²) in [5, 5.41) is 5.41. The van der Waals surface area contributed by atoms with Crippen LogP contribution in [0.25, 0.3) is 66.1 Å². The molecule has 0 atom stereocenters. The van der Waals surface area contributed by atoms with E-state index in [1.165, 1.54) is 134 Å². The van der Waals surface area contributed by atoms with Crippen molar-refractivity contribution in [2.45, 2.75) is 53.4 Å². The van der Waals surface area contributed by atoms with E-state index in [-0.39, 0.29) is 14.9 Å². The maximum atomic E-state index is 3.06. The van der Waals surface area contributed by atoms with Crippen LogP contribution in [0.1, 0.15) is 44.5 Å². The first-order valence-corrected chi connectivity index (χ1v) is 26.6. The van der Waals surface area contributed by atoms with Crippen molar-refractivity contribution < 1.29 is 23.3 Å². The van der Waals surface area contributed by atoms with Gasteiger partial charge >= 0.3 is 30.2 Å². The molecule has 0 saturated heterocycles. The van der Waals surface area contributed by atoms with Crippen LogP contribution in [0.5, 0.6) is 0 Å². The molecular formula is C64H60SiZr-4. The first-order chi connectivity index (χ1) is 31.3. The van der Waals surface area contributed by atoms with Crippen LogP contribution in [0.2, 0.25) is 0 Å². The van der Waals surface area contributed by atoms with Gasteiger partial charge < -0.3 is 14.9 Å². The van der Waals surface area contributed by atoms with Crippen molar-refractivity contribution >= 4 is 28.4 Å². The molecule has 0 aliphatic carbocycles. The molecule has 0 saturated carbocycles. The molecule has 0 spiro atoms. The van der Waals surface area contributed by atoms with Crippen molar-refractivity contribution in [1.82, 2.24) is 0 Å². The summed E-state index contributed by atoms with van der Waals surface area (Å²) in [7, 11) is 0. The molecule has 0 aromatic heterocycles. The number of hydrogen-bond acceptors (Lipinski definition) is 0. The molecule has 10 rings (SSSR count). The maximum absolute atomic E-state index is 3.06. The molecule has 0 aliphatic heterocycles. The summed E-state index contributed by atoms with van der Waals surface area (Å²) in [6.07, 6.45) is 4.24. The standard InChI is InChI=1S/2C31H27.2CH3.Si.Zr/c2*1-22-8-14-26(15-9-22)28-18-19-29(27-16-10-23(2)11-17-27)31-21-25(20-30(28)31)13-12-24-6-4-3-5-7-24;;;;/h2*3-11,14-21H,12-13H2,1-2H3;2*1H3;;/q4*-1;;. The van der Waals surface area contributed by atoms with Crippen molar-refractivity contribution in [2.24, 2.45) is 0 Å². The fourth-order valence-corrected chi connectivity index (χ4v) is 8.81. The predicted octanol–water partition coefficient (Wildman–Crippen LogP) is 17.1. The molecule has 2 heteroatoms. The normalized spacial score (nSPS) is 10.5. The molecule has 0 fully saturated rings. The summed E-state index contributed by atoms with van der Waals surface area (Å²) >= 11 is 1.36. The molecule has 66 heavy (non-hydrogen) atoms. The summed E-state index contributed by atoms with van der Waals surface area (Å²) < 4.78 is 0. The molecule has 0 heterocycles. The van der Waals surface area contributed by atoms with Crippen LogP contribution >= 0.6 is 0 Å². The first-order valence-electron chi connectivity index (χ1n) is 22.4. The van der Waals surface area contributed by atoms with Crippen molar-refractivity contribution in [3.05, 3.63) is 266 Å². The van der Waals surface area contributed by atoms with E-state index in [9.17, 15) is 0 Å². The van der Waals surface area contributed by atoms with Gasteiger partial charge in [0.1, 0.15) is 0 Å². The molecule has 2 radical (unpaired) electrons. The Morgan fingerprint density at radius 2 is 0.606 bits per heavy atom. The van der Waals surface area contributed by atoms with Crippen molar-refractivity contribution in [1.29, 1.82) is 0 Å². The zero-order chi connectivity index (χ0) is 44.4. The second-order valence-electron chi connectivity index (χ2n) is 17.1. The van der Waals surface area contributed by atoms with E-state index in [0.717, 1.165) is 25.7 Å². The summed E-state index contributed by atoms with van der Waals surface area (Å²) in [6, 6.07) is 75.9. The van der Waals surface area contributed by atoms with Crippen molar-refractivity contribution in [3.63, 3.8) is 0 Å². The molecule has 328 valence electrons. The Morgan fingerprint density at radius 1 is 0.333 bits per heavy atom. The van der Waals surface area contributed by atoms with Crippen molar-refractivity contribution in [2.75, 3.05) is 0 Å². The van der Waals surface area contributed by atoms with E-state index >= 15 is 0 Å². The first kappa shape index (κ1) is 49.5. The molecular weight excluding hydrogens is 888 g/mol. The van der Waals surface area contributed by atoms with E-state index in [4.69, 9.17) is 0 Å². The van der Waals surface area contributed by atoms with Crippen LogP contribution in [0.4, 0.5) is 0 Å². The Kier molecular flexibility index (Phi) is 17.6. The van der Waals surface area contributed by atoms with Gasteiger partial charge in [-0.15, -0.1) is 44.8 Å². The van der Waals surface area contributed by atoms with Gasteiger partial charge in [0.15, 0.2) is 0 Å². The number of fused-ring (bicyclic) bond motifs is 2. The Labute approximate surface area is 412 Å². The Bertz CT molecular complexity index is 2680. The van der Waals surface area contributed by atoms with E-state index < -0.39 is 0 Å². The summed E-state index contributed by atoms with van der Waals surface area (Å²) in [6.45, 7) is 11.6. The van der Waals surface area contributed by atoms with Crippen LogP contribution in [0.15, 0.2) is 206 Å². The topological polar surface area (TPSA) is 0 Å². The zero-order valence-electron chi connectivity index (χ0n) is 39.5. The van der Waals surface area contributed by atoms with Crippen LogP contribution < -0.4 is 0 Å². The summed E-state index contributed by atoms with van der Waals surface area (Å²) in [4.78, 5) is 0. The molecule has 0 unspecified atom stereocenters. The molecule has 0 amide bonds. The van der Waals surface area contributed by atoms with E-state index in [1.54, 1.807) is 0 Å². The average molecular weight is 948 g/mol. The Hall–Kier alpha value is -5.92. The molecule has 10 aromatic carbocycles. The Balaban J connectivity index is 0.000000204. The predicted molar refractivity (Wildman–Crippen MR) is 286 cm³/mol. The van der Waals surface area contributed by atoms with Gasteiger partial charge in [-0.25, -0.2) is 0 Å². The van der Waals surface area contributed by atoms with Gasteiger partial charge in [-0.3, -0.25) is 0 Å². The molecule has 0 N–H and O–H groups in total. The average Bonchev–Trinajstić information content (AvgIpc) is 3.98. The van der Waals surface area contributed by atoms with Gasteiger partial charge in [0, 0.05) is 0 Å². The van der Waals surface area contributed by atoms with Crippen LogP contribution in [0.3, 0.4) is 0 Å². The van der Waals surface area contributed by atoms with Gasteiger partial charge in [-0.05, 0) is 75.6 Å². The third-order valence-corrected chi connectivity index (χ3v) is 12.4. The fraction of sp³-hybridized carbons (Fsp3) is 0.125. The van der Waals surface area contributed by atoms with E-state index in [1.807, 2.05) is 0 Å². The van der Waals surface area contributed by atoms with E-state index in [2.05, 4.69) is 241 Å². The number of benzene rings is 8. The van der Waals surface area contributed by atoms with Gasteiger partial charge in [0.2, 0.25) is 0 Å². The number of aryl methyl sites for hydroxylation is 8. The quantitative estimate of drug-likeness (QED) is 0.0947. The van der Waals surface area contributed by atoms with Crippen LogP contribution in [0, 0.1) is 42.5 Å². The third-order valence-electron chi connectivity index (χ3n) is 12.4. The van der Waals surface area contributed by atoms with Crippen LogP contribution in [-0.4, -0.2) is 6.88 Å². The SMILES string of the molecule is Cc1ccc(-c2ccc(-c3ccc(C)cc3)c3[cH-]c(CCc4ccccc4)cc23)cc1.Cc1ccc(-c2ccc(-c3ccc(C)cc3)c3[cH-]c(CCc4ccccc4)cc23)cc1.[CH3-].[CH3-].[Si]=[Zr]. The fourth-order valence-electron chi connectivity index (χ4n) is 8.81. The molecule has 10 aromatic rings. The minimum atomic E-state index is 0. The van der Waals surface area contributed by atoms with Crippen LogP contribution in [-0.2, 0) is 49.0 Å². The van der Waals surface area contributed by atoms with E-state index in [0.29, 0.717) is 0 Å². The van der Waals surface area contributed by atoms with Gasteiger partial charge in [-0.1, -0.05) is 238 Å². The minimum absolute atomic E-state index is 0. The van der Waals surface area contributed by atoms with Gasteiger partial charge in [0.25, 0.3) is 0 Å². The second-order valence-corrected chi connectivity index (χ2v) is 17.1. The summed E-state index contributed by atoms with van der Waals surface area (Å²) in [5.41, 5.74) is 21.2. The molecule has 0 nitrogen and oxygen atoms in total. The van der Waals surface area contributed by atoms with Crippen molar-refractivity contribution in [3.8, 4) is 44.5 Å². The molecule has 0 aliphatic rings. The molecule has 0 bridgehead atoms. The van der Waals surface area contributed by atoms with Gasteiger partial charge in [-0.2, -0.15) is 12.1 Å².